The second-order valence-electron chi connectivity index (χ2n) is 5.52. The Bertz CT molecular complexity index is 836. The zero-order chi connectivity index (χ0) is 16.4. The molecule has 0 saturated heterocycles. The summed E-state index contributed by atoms with van der Waals surface area (Å²) in [6.45, 7) is 0.200. The van der Waals surface area contributed by atoms with Crippen LogP contribution < -0.4 is 10.1 Å². The summed E-state index contributed by atoms with van der Waals surface area (Å²) in [5.41, 5.74) is 1.89. The summed E-state index contributed by atoms with van der Waals surface area (Å²) in [5, 5.41) is 6.68. The molecule has 6 nitrogen and oxygen atoms in total. The number of nitrogens with zero attached hydrogens (tertiary/aromatic N) is 2. The van der Waals surface area contributed by atoms with Gasteiger partial charge in [0.05, 0.1) is 6.54 Å². The Morgan fingerprint density at radius 1 is 1.12 bits per heavy atom. The standard InChI is InChI=1S/C18H15N3O3/c22-17(15-10-13-8-4-5-9-14(13)23-15)19-11-16-20-18(24-21-16)12-6-2-1-3-7-12/h1-9,15H,10-11H2,(H,19,22). The van der Waals surface area contributed by atoms with Crippen molar-refractivity contribution in [1.82, 2.24) is 15.5 Å². The maximum atomic E-state index is 12.2. The summed E-state index contributed by atoms with van der Waals surface area (Å²) >= 11 is 0. The Kier molecular flexibility index (Phi) is 3.70. The minimum Gasteiger partial charge on any atom is -0.480 e. The molecule has 1 atom stereocenters. The highest BCUT2D eigenvalue weighted by molar-refractivity contribution is 5.82. The fraction of sp³-hybridized carbons (Fsp3) is 0.167. The van der Waals surface area contributed by atoms with Crippen LogP contribution in [0.4, 0.5) is 0 Å². The van der Waals surface area contributed by atoms with Crippen molar-refractivity contribution in [3.05, 3.63) is 66.0 Å². The topological polar surface area (TPSA) is 77.3 Å². The van der Waals surface area contributed by atoms with E-state index in [0.717, 1.165) is 16.9 Å². The predicted molar refractivity (Wildman–Crippen MR) is 86.1 cm³/mol. The lowest BCUT2D eigenvalue weighted by molar-refractivity contribution is -0.127. The molecule has 4 rings (SSSR count). The van der Waals surface area contributed by atoms with E-state index in [4.69, 9.17) is 9.26 Å². The number of rotatable bonds is 4. The lowest BCUT2D eigenvalue weighted by Gasteiger charge is -2.09. The molecule has 0 radical (unpaired) electrons. The van der Waals surface area contributed by atoms with Gasteiger partial charge in [-0.3, -0.25) is 4.79 Å². The van der Waals surface area contributed by atoms with Gasteiger partial charge in [-0.15, -0.1) is 0 Å². The first-order chi connectivity index (χ1) is 11.8. The maximum absolute atomic E-state index is 12.2. The van der Waals surface area contributed by atoms with Crippen LogP contribution in [0.3, 0.4) is 0 Å². The van der Waals surface area contributed by atoms with Crippen molar-refractivity contribution in [1.29, 1.82) is 0 Å². The molecular formula is C18H15N3O3. The van der Waals surface area contributed by atoms with Crippen LogP contribution in [0, 0.1) is 0 Å². The maximum Gasteiger partial charge on any atom is 0.261 e. The minimum absolute atomic E-state index is 0.183. The summed E-state index contributed by atoms with van der Waals surface area (Å²) in [4.78, 5) is 16.5. The highest BCUT2D eigenvalue weighted by atomic mass is 16.5. The number of aromatic nitrogens is 2. The van der Waals surface area contributed by atoms with Crippen molar-refractivity contribution in [2.75, 3.05) is 0 Å². The first-order valence-corrected chi connectivity index (χ1v) is 7.70. The van der Waals surface area contributed by atoms with E-state index < -0.39 is 6.10 Å². The Labute approximate surface area is 138 Å². The third-order valence-corrected chi connectivity index (χ3v) is 3.85. The van der Waals surface area contributed by atoms with E-state index in [1.54, 1.807) is 0 Å². The molecule has 0 spiro atoms. The summed E-state index contributed by atoms with van der Waals surface area (Å²) in [6, 6.07) is 17.2. The zero-order valence-electron chi connectivity index (χ0n) is 12.8. The number of para-hydroxylation sites is 1. The molecule has 120 valence electrons. The molecule has 1 aliphatic rings. The van der Waals surface area contributed by atoms with Gasteiger partial charge in [-0.1, -0.05) is 41.6 Å². The van der Waals surface area contributed by atoms with Crippen LogP contribution in [0.15, 0.2) is 59.1 Å². The molecule has 2 heterocycles. The SMILES string of the molecule is O=C(NCc1noc(-c2ccccc2)n1)C1Cc2ccccc2O1. The van der Waals surface area contributed by atoms with Gasteiger partial charge in [-0.25, -0.2) is 0 Å². The van der Waals surface area contributed by atoms with Gasteiger partial charge in [-0.2, -0.15) is 4.98 Å². The highest BCUT2D eigenvalue weighted by Crippen LogP contribution is 2.28. The molecule has 1 aliphatic heterocycles. The van der Waals surface area contributed by atoms with Gasteiger partial charge in [0.2, 0.25) is 0 Å². The number of ether oxygens (including phenoxy) is 1. The fourth-order valence-electron chi connectivity index (χ4n) is 2.63. The van der Waals surface area contributed by atoms with Crippen LogP contribution in [-0.4, -0.2) is 22.2 Å². The Balaban J connectivity index is 1.36. The van der Waals surface area contributed by atoms with E-state index in [1.165, 1.54) is 0 Å². The second-order valence-corrected chi connectivity index (χ2v) is 5.52. The summed E-state index contributed by atoms with van der Waals surface area (Å²) in [5.74, 6) is 1.45. The first kappa shape index (κ1) is 14.4. The molecule has 0 fully saturated rings. The van der Waals surface area contributed by atoms with E-state index in [2.05, 4.69) is 15.5 Å². The van der Waals surface area contributed by atoms with Crippen LogP contribution in [0.25, 0.3) is 11.5 Å². The molecule has 1 N–H and O–H groups in total. The van der Waals surface area contributed by atoms with Crippen LogP contribution in [-0.2, 0) is 17.8 Å². The molecule has 2 aromatic carbocycles. The average molecular weight is 321 g/mol. The van der Waals surface area contributed by atoms with Crippen LogP contribution >= 0.6 is 0 Å². The van der Waals surface area contributed by atoms with Gasteiger partial charge in [0.15, 0.2) is 11.9 Å². The van der Waals surface area contributed by atoms with E-state index in [1.807, 2.05) is 54.6 Å². The normalized spacial score (nSPS) is 15.6. The number of fused-ring (bicyclic) bond motifs is 1. The molecule has 0 aliphatic carbocycles. The molecule has 6 heteroatoms. The fourth-order valence-corrected chi connectivity index (χ4v) is 2.63. The summed E-state index contributed by atoms with van der Waals surface area (Å²) < 4.78 is 10.9. The second kappa shape index (κ2) is 6.16. The van der Waals surface area contributed by atoms with Crippen LogP contribution in [0.5, 0.6) is 5.75 Å². The van der Waals surface area contributed by atoms with E-state index >= 15 is 0 Å². The molecule has 0 saturated carbocycles. The van der Waals surface area contributed by atoms with Crippen LogP contribution in [0.2, 0.25) is 0 Å². The summed E-state index contributed by atoms with van der Waals surface area (Å²) in [6.07, 6.45) is 0.0617. The monoisotopic (exact) mass is 321 g/mol. The van der Waals surface area contributed by atoms with Crippen molar-refractivity contribution in [3.63, 3.8) is 0 Å². The van der Waals surface area contributed by atoms with E-state index in [9.17, 15) is 4.79 Å². The lowest BCUT2D eigenvalue weighted by atomic mass is 10.1. The largest absolute Gasteiger partial charge is 0.480 e. The van der Waals surface area contributed by atoms with Gasteiger partial charge < -0.3 is 14.6 Å². The number of hydrogen-bond acceptors (Lipinski definition) is 5. The van der Waals surface area contributed by atoms with E-state index in [0.29, 0.717) is 18.1 Å². The third-order valence-electron chi connectivity index (χ3n) is 3.85. The molecule has 1 unspecified atom stereocenters. The van der Waals surface area contributed by atoms with Crippen LogP contribution in [0.1, 0.15) is 11.4 Å². The number of amides is 1. The highest BCUT2D eigenvalue weighted by Gasteiger charge is 2.28. The average Bonchev–Trinajstić information content (AvgIpc) is 3.27. The molecule has 3 aromatic rings. The van der Waals surface area contributed by atoms with Crippen molar-refractivity contribution in [3.8, 4) is 17.2 Å². The number of nitrogens with one attached hydrogen (secondary N) is 1. The van der Waals surface area contributed by atoms with Gasteiger partial charge >= 0.3 is 0 Å². The van der Waals surface area contributed by atoms with Gasteiger partial charge in [0.25, 0.3) is 11.8 Å². The third kappa shape index (κ3) is 2.86. The van der Waals surface area contributed by atoms with E-state index in [-0.39, 0.29) is 12.5 Å². The molecule has 1 amide bonds. The lowest BCUT2D eigenvalue weighted by Crippen LogP contribution is -2.37. The molecule has 1 aromatic heterocycles. The van der Waals surface area contributed by atoms with Gasteiger partial charge in [0.1, 0.15) is 5.75 Å². The Morgan fingerprint density at radius 3 is 2.75 bits per heavy atom. The van der Waals surface area contributed by atoms with Crippen molar-refractivity contribution in [2.24, 2.45) is 0 Å². The first-order valence-electron chi connectivity index (χ1n) is 7.70. The summed E-state index contributed by atoms with van der Waals surface area (Å²) in [7, 11) is 0. The number of hydrogen-bond donors (Lipinski definition) is 1. The number of carbonyl (C=O) groups excluding carboxylic acids is 1. The minimum atomic E-state index is -0.511. The number of benzene rings is 2. The van der Waals surface area contributed by atoms with Crippen molar-refractivity contribution < 1.29 is 14.1 Å². The molecular weight excluding hydrogens is 306 g/mol. The zero-order valence-corrected chi connectivity index (χ0v) is 12.8. The van der Waals surface area contributed by atoms with Crippen molar-refractivity contribution in [2.45, 2.75) is 19.1 Å². The Morgan fingerprint density at radius 2 is 1.92 bits per heavy atom. The van der Waals surface area contributed by atoms with Crippen molar-refractivity contribution >= 4 is 5.91 Å². The number of carbonyl (C=O) groups is 1. The molecule has 0 bridgehead atoms. The predicted octanol–water partition coefficient (Wildman–Crippen LogP) is 2.36. The Hall–Kier alpha value is -3.15. The van der Waals surface area contributed by atoms with Gasteiger partial charge in [-0.05, 0) is 23.8 Å². The smallest absolute Gasteiger partial charge is 0.261 e. The molecule has 24 heavy (non-hydrogen) atoms. The van der Waals surface area contributed by atoms with Gasteiger partial charge in [0, 0.05) is 12.0 Å². The quantitative estimate of drug-likeness (QED) is 0.798.